The predicted octanol–water partition coefficient (Wildman–Crippen LogP) is 3.90. The molecule has 126 valence electrons. The van der Waals surface area contributed by atoms with Crippen LogP contribution in [0.3, 0.4) is 0 Å². The molecule has 0 radical (unpaired) electrons. The van der Waals surface area contributed by atoms with Crippen LogP contribution >= 0.6 is 11.6 Å². The molecule has 2 aromatic rings. The molecule has 2 rings (SSSR count). The van der Waals surface area contributed by atoms with Crippen molar-refractivity contribution in [2.75, 3.05) is 11.9 Å². The summed E-state index contributed by atoms with van der Waals surface area (Å²) in [6.07, 6.45) is -0.405. The van der Waals surface area contributed by atoms with Crippen molar-refractivity contribution in [3.8, 4) is 0 Å². The molecule has 0 saturated heterocycles. The van der Waals surface area contributed by atoms with Crippen molar-refractivity contribution in [2.24, 2.45) is 0 Å². The molecule has 5 nitrogen and oxygen atoms in total. The largest absolute Gasteiger partial charge is 0.445 e. The van der Waals surface area contributed by atoms with Gasteiger partial charge in [-0.15, -0.1) is 0 Å². The Bertz CT molecular complexity index is 705. The van der Waals surface area contributed by atoms with E-state index in [1.165, 1.54) is 0 Å². The molecule has 0 aliphatic rings. The fourth-order valence-electron chi connectivity index (χ4n) is 1.99. The molecule has 0 aromatic heterocycles. The number of carbonyl (C=O) groups excluding carboxylic acids is 2. The van der Waals surface area contributed by atoms with Gasteiger partial charge in [0.15, 0.2) is 0 Å². The molecule has 0 aliphatic heterocycles. The molecule has 0 unspecified atom stereocenters. The van der Waals surface area contributed by atoms with E-state index >= 15 is 0 Å². The van der Waals surface area contributed by atoms with E-state index in [9.17, 15) is 9.59 Å². The number of rotatable bonds is 6. The van der Waals surface area contributed by atoms with E-state index in [1.54, 1.807) is 12.1 Å². The number of aryl methyl sites for hydroxylation is 1. The SMILES string of the molecule is Cc1ccc(Cl)cc1NC(=O)CCNC(=O)OCc1ccccc1. The van der Waals surface area contributed by atoms with Gasteiger partial charge in [0.25, 0.3) is 0 Å². The molecule has 0 saturated carbocycles. The molecule has 6 heteroatoms. The third-order valence-corrected chi connectivity index (χ3v) is 3.54. The Hall–Kier alpha value is -2.53. The minimum absolute atomic E-state index is 0.145. The van der Waals surface area contributed by atoms with Crippen LogP contribution in [0, 0.1) is 6.92 Å². The first-order valence-corrected chi connectivity index (χ1v) is 7.93. The fraction of sp³-hybridized carbons (Fsp3) is 0.222. The summed E-state index contributed by atoms with van der Waals surface area (Å²) >= 11 is 5.91. The average Bonchev–Trinajstić information content (AvgIpc) is 2.57. The lowest BCUT2D eigenvalue weighted by atomic mass is 10.2. The van der Waals surface area contributed by atoms with Crippen LogP contribution in [-0.2, 0) is 16.1 Å². The van der Waals surface area contributed by atoms with Crippen LogP contribution in [0.25, 0.3) is 0 Å². The number of anilines is 1. The Labute approximate surface area is 146 Å². The third-order valence-electron chi connectivity index (χ3n) is 3.31. The van der Waals surface area contributed by atoms with Crippen LogP contribution in [0.1, 0.15) is 17.5 Å². The van der Waals surface area contributed by atoms with Gasteiger partial charge in [-0.1, -0.05) is 48.0 Å². The van der Waals surface area contributed by atoms with Gasteiger partial charge in [0, 0.05) is 23.7 Å². The summed E-state index contributed by atoms with van der Waals surface area (Å²) in [5.74, 6) is -0.205. The molecule has 0 heterocycles. The van der Waals surface area contributed by atoms with Gasteiger partial charge in [-0.05, 0) is 30.2 Å². The highest BCUT2D eigenvalue weighted by molar-refractivity contribution is 6.31. The lowest BCUT2D eigenvalue weighted by Gasteiger charge is -2.10. The second kappa shape index (κ2) is 8.93. The second-order valence-electron chi connectivity index (χ2n) is 5.25. The van der Waals surface area contributed by atoms with Gasteiger partial charge < -0.3 is 15.4 Å². The summed E-state index contributed by atoms with van der Waals surface area (Å²) in [6, 6.07) is 14.7. The maximum absolute atomic E-state index is 11.9. The normalized spacial score (nSPS) is 10.1. The van der Waals surface area contributed by atoms with Gasteiger partial charge in [0.05, 0.1) is 0 Å². The van der Waals surface area contributed by atoms with E-state index in [1.807, 2.05) is 43.3 Å². The maximum Gasteiger partial charge on any atom is 0.407 e. The smallest absolute Gasteiger partial charge is 0.407 e. The van der Waals surface area contributed by atoms with Gasteiger partial charge in [0.2, 0.25) is 5.91 Å². The Balaban J connectivity index is 1.68. The number of amides is 2. The topological polar surface area (TPSA) is 67.4 Å². The van der Waals surface area contributed by atoms with Crippen LogP contribution in [-0.4, -0.2) is 18.5 Å². The van der Waals surface area contributed by atoms with E-state index in [2.05, 4.69) is 10.6 Å². The van der Waals surface area contributed by atoms with Gasteiger partial charge in [-0.25, -0.2) is 4.79 Å². The summed E-state index contributed by atoms with van der Waals surface area (Å²) in [5, 5.41) is 5.87. The van der Waals surface area contributed by atoms with E-state index in [0.717, 1.165) is 11.1 Å². The molecule has 24 heavy (non-hydrogen) atoms. The van der Waals surface area contributed by atoms with E-state index in [4.69, 9.17) is 16.3 Å². The number of halogens is 1. The van der Waals surface area contributed by atoms with Crippen LogP contribution in [0.5, 0.6) is 0 Å². The minimum atomic E-state index is -0.550. The van der Waals surface area contributed by atoms with Crippen molar-refractivity contribution >= 4 is 29.3 Å². The second-order valence-corrected chi connectivity index (χ2v) is 5.68. The number of ether oxygens (including phenoxy) is 1. The molecule has 0 aliphatic carbocycles. The van der Waals surface area contributed by atoms with Crippen molar-refractivity contribution in [2.45, 2.75) is 20.0 Å². The standard InChI is InChI=1S/C18H19ClN2O3/c1-13-7-8-15(19)11-16(13)21-17(22)9-10-20-18(23)24-12-14-5-3-2-4-6-14/h2-8,11H,9-10,12H2,1H3,(H,20,23)(H,21,22). The third kappa shape index (κ3) is 5.93. The van der Waals surface area contributed by atoms with Crippen molar-refractivity contribution in [1.82, 2.24) is 5.32 Å². The van der Waals surface area contributed by atoms with E-state index < -0.39 is 6.09 Å². The number of alkyl carbamates (subject to hydrolysis) is 1. The van der Waals surface area contributed by atoms with Crippen LogP contribution in [0.2, 0.25) is 5.02 Å². The number of benzene rings is 2. The van der Waals surface area contributed by atoms with Gasteiger partial charge in [-0.3, -0.25) is 4.79 Å². The molecular formula is C18H19ClN2O3. The number of hydrogen-bond acceptors (Lipinski definition) is 3. The zero-order valence-corrected chi connectivity index (χ0v) is 14.1. The summed E-state index contributed by atoms with van der Waals surface area (Å²) in [4.78, 5) is 23.5. The lowest BCUT2D eigenvalue weighted by molar-refractivity contribution is -0.116. The van der Waals surface area contributed by atoms with Gasteiger partial charge >= 0.3 is 6.09 Å². The van der Waals surface area contributed by atoms with Crippen LogP contribution in [0.4, 0.5) is 10.5 Å². The van der Waals surface area contributed by atoms with E-state index in [0.29, 0.717) is 10.7 Å². The summed E-state index contributed by atoms with van der Waals surface area (Å²) in [5.41, 5.74) is 2.49. The van der Waals surface area contributed by atoms with Gasteiger partial charge in [-0.2, -0.15) is 0 Å². The number of carbonyl (C=O) groups is 2. The summed E-state index contributed by atoms with van der Waals surface area (Å²) in [7, 11) is 0. The Morgan fingerprint density at radius 3 is 2.62 bits per heavy atom. The van der Waals surface area contributed by atoms with Crippen molar-refractivity contribution in [3.05, 3.63) is 64.7 Å². The zero-order chi connectivity index (χ0) is 17.4. The molecule has 0 bridgehead atoms. The van der Waals surface area contributed by atoms with Crippen molar-refractivity contribution < 1.29 is 14.3 Å². The van der Waals surface area contributed by atoms with Crippen LogP contribution in [0.15, 0.2) is 48.5 Å². The Kier molecular flexibility index (Phi) is 6.63. The highest BCUT2D eigenvalue weighted by Crippen LogP contribution is 2.20. The molecule has 0 atom stereocenters. The first-order valence-electron chi connectivity index (χ1n) is 7.55. The fourth-order valence-corrected chi connectivity index (χ4v) is 2.17. The van der Waals surface area contributed by atoms with Crippen LogP contribution < -0.4 is 10.6 Å². The minimum Gasteiger partial charge on any atom is -0.445 e. The Morgan fingerprint density at radius 2 is 1.88 bits per heavy atom. The molecular weight excluding hydrogens is 328 g/mol. The van der Waals surface area contributed by atoms with Crippen molar-refractivity contribution in [3.63, 3.8) is 0 Å². The summed E-state index contributed by atoms with van der Waals surface area (Å²) in [6.45, 7) is 2.27. The summed E-state index contributed by atoms with van der Waals surface area (Å²) < 4.78 is 5.06. The highest BCUT2D eigenvalue weighted by atomic mass is 35.5. The maximum atomic E-state index is 11.9. The van der Waals surface area contributed by atoms with Gasteiger partial charge in [0.1, 0.15) is 6.61 Å². The average molecular weight is 347 g/mol. The molecule has 2 amide bonds. The van der Waals surface area contributed by atoms with E-state index in [-0.39, 0.29) is 25.5 Å². The quantitative estimate of drug-likeness (QED) is 0.833. The Morgan fingerprint density at radius 1 is 1.12 bits per heavy atom. The predicted molar refractivity (Wildman–Crippen MR) is 94.1 cm³/mol. The molecule has 0 fully saturated rings. The monoisotopic (exact) mass is 346 g/mol. The highest BCUT2D eigenvalue weighted by Gasteiger charge is 2.07. The molecule has 2 N–H and O–H groups in total. The zero-order valence-electron chi connectivity index (χ0n) is 13.3. The first kappa shape index (κ1) is 17.8. The number of hydrogen-bond donors (Lipinski definition) is 2. The molecule has 2 aromatic carbocycles. The number of nitrogens with one attached hydrogen (secondary N) is 2. The van der Waals surface area contributed by atoms with Crippen molar-refractivity contribution in [1.29, 1.82) is 0 Å². The first-order chi connectivity index (χ1) is 11.5. The lowest BCUT2D eigenvalue weighted by Crippen LogP contribution is -2.28. The molecule has 0 spiro atoms.